The Labute approximate surface area is 102 Å². The highest BCUT2D eigenvalue weighted by molar-refractivity contribution is 5.85. The summed E-state index contributed by atoms with van der Waals surface area (Å²) in [5, 5.41) is 1.04. The van der Waals surface area contributed by atoms with Crippen LogP contribution in [0.3, 0.4) is 0 Å². The molecular weight excluding hydrogens is 213 g/mol. The van der Waals surface area contributed by atoms with Crippen molar-refractivity contribution in [2.45, 2.75) is 46.6 Å². The Balaban J connectivity index is 2.88. The minimum atomic E-state index is -0.156. The van der Waals surface area contributed by atoms with Gasteiger partial charge in [0.25, 0.3) is 0 Å². The number of hydrogen-bond acceptors (Lipinski definition) is 0. The molecule has 0 atom stereocenters. The van der Waals surface area contributed by atoms with Crippen LogP contribution in [0.1, 0.15) is 50.9 Å². The average molecular weight is 233 g/mol. The minimum absolute atomic E-state index is 0.156. The fourth-order valence-electron chi connectivity index (χ4n) is 2.73. The predicted molar refractivity (Wildman–Crippen MR) is 71.1 cm³/mol. The molecule has 1 aromatic heterocycles. The van der Waals surface area contributed by atoms with Gasteiger partial charge in [0.2, 0.25) is 0 Å². The Morgan fingerprint density at radius 2 is 1.76 bits per heavy atom. The molecule has 0 saturated heterocycles. The number of fused-ring (bicyclic) bond motifs is 1. The average Bonchev–Trinajstić information content (AvgIpc) is 2.52. The van der Waals surface area contributed by atoms with Crippen molar-refractivity contribution in [2.75, 3.05) is 0 Å². The topological polar surface area (TPSA) is 4.93 Å². The summed E-state index contributed by atoms with van der Waals surface area (Å²) < 4.78 is 15.7. The van der Waals surface area contributed by atoms with Gasteiger partial charge in [-0.2, -0.15) is 0 Å². The molecule has 2 heteroatoms. The van der Waals surface area contributed by atoms with E-state index in [-0.39, 0.29) is 5.82 Å². The monoisotopic (exact) mass is 233 g/mol. The van der Waals surface area contributed by atoms with Gasteiger partial charge in [-0.1, -0.05) is 13.8 Å². The molecule has 0 bridgehead atoms. The first kappa shape index (κ1) is 12.2. The van der Waals surface area contributed by atoms with E-state index < -0.39 is 0 Å². The Morgan fingerprint density at radius 1 is 1.12 bits per heavy atom. The van der Waals surface area contributed by atoms with Crippen molar-refractivity contribution in [1.82, 2.24) is 4.57 Å². The molecule has 0 aliphatic carbocycles. The van der Waals surface area contributed by atoms with Crippen molar-refractivity contribution in [2.24, 2.45) is 0 Å². The quantitative estimate of drug-likeness (QED) is 0.702. The molecule has 0 saturated carbocycles. The van der Waals surface area contributed by atoms with E-state index in [1.54, 1.807) is 12.1 Å². The first-order valence-corrected chi connectivity index (χ1v) is 6.23. The molecule has 92 valence electrons. The lowest BCUT2D eigenvalue weighted by Crippen LogP contribution is -2.07. The Morgan fingerprint density at radius 3 is 2.29 bits per heavy atom. The van der Waals surface area contributed by atoms with Crippen LogP contribution in [0, 0.1) is 12.7 Å². The van der Waals surface area contributed by atoms with E-state index in [1.807, 2.05) is 6.07 Å². The number of aromatic nitrogens is 1. The number of hydrogen-bond donors (Lipinski definition) is 0. The van der Waals surface area contributed by atoms with E-state index in [1.165, 1.54) is 11.3 Å². The zero-order chi connectivity index (χ0) is 12.7. The molecule has 1 aromatic carbocycles. The molecule has 2 rings (SSSR count). The van der Waals surface area contributed by atoms with Gasteiger partial charge in [-0.3, -0.25) is 0 Å². The molecule has 0 aliphatic rings. The van der Waals surface area contributed by atoms with Crippen LogP contribution in [0.4, 0.5) is 4.39 Å². The van der Waals surface area contributed by atoms with Crippen LogP contribution in [0.2, 0.25) is 0 Å². The van der Waals surface area contributed by atoms with Crippen molar-refractivity contribution in [1.29, 1.82) is 0 Å². The van der Waals surface area contributed by atoms with E-state index in [2.05, 4.69) is 39.2 Å². The minimum Gasteiger partial charge on any atom is -0.342 e. The highest BCUT2D eigenvalue weighted by atomic mass is 19.1. The summed E-state index contributed by atoms with van der Waals surface area (Å²) in [6, 6.07) is 5.48. The van der Waals surface area contributed by atoms with E-state index in [9.17, 15) is 4.39 Å². The van der Waals surface area contributed by atoms with Crippen LogP contribution in [0.5, 0.6) is 0 Å². The van der Waals surface area contributed by atoms with Crippen LogP contribution in [0.15, 0.2) is 18.2 Å². The van der Waals surface area contributed by atoms with Gasteiger partial charge in [0.1, 0.15) is 5.82 Å². The molecular formula is C15H20FN. The van der Waals surface area contributed by atoms with Gasteiger partial charge in [-0.25, -0.2) is 4.39 Å². The summed E-state index contributed by atoms with van der Waals surface area (Å²) in [7, 11) is 0. The second-order valence-corrected chi connectivity index (χ2v) is 5.29. The molecule has 0 fully saturated rings. The van der Waals surface area contributed by atoms with Crippen molar-refractivity contribution < 1.29 is 4.39 Å². The number of rotatable bonds is 2. The Hall–Kier alpha value is -1.31. The smallest absolute Gasteiger partial charge is 0.123 e. The summed E-state index contributed by atoms with van der Waals surface area (Å²) in [6.07, 6.45) is 0. The summed E-state index contributed by atoms with van der Waals surface area (Å²) in [4.78, 5) is 0. The van der Waals surface area contributed by atoms with Gasteiger partial charge in [0.15, 0.2) is 0 Å². The van der Waals surface area contributed by atoms with Gasteiger partial charge >= 0.3 is 0 Å². The van der Waals surface area contributed by atoms with Crippen LogP contribution in [0.25, 0.3) is 10.9 Å². The van der Waals surface area contributed by atoms with E-state index >= 15 is 0 Å². The van der Waals surface area contributed by atoms with Crippen LogP contribution >= 0.6 is 0 Å². The molecule has 1 heterocycles. The fraction of sp³-hybridized carbons (Fsp3) is 0.467. The Kier molecular flexibility index (Phi) is 2.98. The van der Waals surface area contributed by atoms with Gasteiger partial charge in [-0.15, -0.1) is 0 Å². The maximum absolute atomic E-state index is 13.4. The predicted octanol–water partition coefficient (Wildman–Crippen LogP) is 4.79. The zero-order valence-corrected chi connectivity index (χ0v) is 11.2. The summed E-state index contributed by atoms with van der Waals surface area (Å²) in [6.45, 7) is 10.8. The third kappa shape index (κ3) is 1.86. The summed E-state index contributed by atoms with van der Waals surface area (Å²) in [5.74, 6) is 0.296. The number of aryl methyl sites for hydroxylation is 1. The highest BCUT2D eigenvalue weighted by Crippen LogP contribution is 2.33. The largest absolute Gasteiger partial charge is 0.342 e. The molecule has 0 N–H and O–H groups in total. The third-order valence-electron chi connectivity index (χ3n) is 3.33. The standard InChI is InChI=1S/C15H20FN/c1-9(2)15-11(5)13-8-12(16)6-7-14(13)17(15)10(3)4/h6-10H,1-5H3. The van der Waals surface area contributed by atoms with Crippen LogP contribution in [-0.4, -0.2) is 4.57 Å². The van der Waals surface area contributed by atoms with Crippen molar-refractivity contribution >= 4 is 10.9 Å². The normalized spacial score (nSPS) is 12.0. The van der Waals surface area contributed by atoms with E-state index in [4.69, 9.17) is 0 Å². The van der Waals surface area contributed by atoms with E-state index in [0.717, 1.165) is 10.9 Å². The van der Waals surface area contributed by atoms with Gasteiger partial charge < -0.3 is 4.57 Å². The third-order valence-corrected chi connectivity index (χ3v) is 3.33. The first-order chi connectivity index (χ1) is 7.93. The maximum atomic E-state index is 13.4. The molecule has 2 aromatic rings. The van der Waals surface area contributed by atoms with Gasteiger partial charge in [0.05, 0.1) is 0 Å². The molecule has 0 spiro atoms. The second kappa shape index (κ2) is 4.17. The first-order valence-electron chi connectivity index (χ1n) is 6.23. The number of nitrogens with zero attached hydrogens (tertiary/aromatic N) is 1. The lowest BCUT2D eigenvalue weighted by Gasteiger charge is -2.17. The lowest BCUT2D eigenvalue weighted by atomic mass is 10.0. The summed E-state index contributed by atoms with van der Waals surface area (Å²) in [5.41, 5.74) is 3.67. The molecule has 17 heavy (non-hydrogen) atoms. The molecule has 0 radical (unpaired) electrons. The Bertz CT molecular complexity index is 550. The van der Waals surface area contributed by atoms with Crippen molar-refractivity contribution in [3.8, 4) is 0 Å². The van der Waals surface area contributed by atoms with Gasteiger partial charge in [0, 0.05) is 22.6 Å². The molecule has 0 unspecified atom stereocenters. The zero-order valence-electron chi connectivity index (χ0n) is 11.2. The van der Waals surface area contributed by atoms with Crippen LogP contribution < -0.4 is 0 Å². The molecule has 1 nitrogen and oxygen atoms in total. The fourth-order valence-corrected chi connectivity index (χ4v) is 2.73. The second-order valence-electron chi connectivity index (χ2n) is 5.29. The van der Waals surface area contributed by atoms with E-state index in [0.29, 0.717) is 12.0 Å². The van der Waals surface area contributed by atoms with Crippen LogP contribution in [-0.2, 0) is 0 Å². The SMILES string of the molecule is Cc1c(C(C)C)n(C(C)C)c2ccc(F)cc12. The van der Waals surface area contributed by atoms with Crippen molar-refractivity contribution in [3.63, 3.8) is 0 Å². The molecule has 0 amide bonds. The maximum Gasteiger partial charge on any atom is 0.123 e. The highest BCUT2D eigenvalue weighted by Gasteiger charge is 2.18. The molecule has 0 aliphatic heterocycles. The number of benzene rings is 1. The summed E-state index contributed by atoms with van der Waals surface area (Å²) >= 11 is 0. The lowest BCUT2D eigenvalue weighted by molar-refractivity contribution is 0.574. The van der Waals surface area contributed by atoms with Crippen molar-refractivity contribution in [3.05, 3.63) is 35.3 Å². The number of halogens is 1. The van der Waals surface area contributed by atoms with Gasteiger partial charge in [-0.05, 0) is 50.5 Å².